The number of hydrogen-bond acceptors (Lipinski definition) is 4. The molecule has 1 fully saturated rings. The van der Waals surface area contributed by atoms with Crippen LogP contribution in [0.2, 0.25) is 0 Å². The normalized spacial score (nSPS) is 16.5. The Morgan fingerprint density at radius 2 is 1.96 bits per heavy atom. The summed E-state index contributed by atoms with van der Waals surface area (Å²) in [5.74, 6) is -0.223. The predicted molar refractivity (Wildman–Crippen MR) is 89.8 cm³/mol. The molecule has 2 heterocycles. The van der Waals surface area contributed by atoms with Gasteiger partial charge < -0.3 is 4.74 Å². The van der Waals surface area contributed by atoms with Crippen LogP contribution in [-0.4, -0.2) is 34.1 Å². The predicted octanol–water partition coefficient (Wildman–Crippen LogP) is 3.73. The number of halogens is 2. The number of ether oxygens (including phenoxy) is 1. The van der Waals surface area contributed by atoms with Crippen molar-refractivity contribution in [1.29, 1.82) is 0 Å². The molecule has 0 unspecified atom stereocenters. The maximum Gasteiger partial charge on any atom is 0.316 e. The number of aromatic nitrogens is 2. The molecule has 1 aliphatic rings. The van der Waals surface area contributed by atoms with Crippen molar-refractivity contribution < 1.29 is 9.13 Å². The molecule has 2 aromatic rings. The van der Waals surface area contributed by atoms with Gasteiger partial charge in [0.2, 0.25) is 0 Å². The Morgan fingerprint density at radius 3 is 2.61 bits per heavy atom. The third-order valence-electron chi connectivity index (χ3n) is 3.95. The second kappa shape index (κ2) is 7.36. The van der Waals surface area contributed by atoms with Gasteiger partial charge in [-0.15, -0.1) is 0 Å². The number of hydrogen-bond donors (Lipinski definition) is 0. The van der Waals surface area contributed by atoms with Gasteiger partial charge >= 0.3 is 6.01 Å². The van der Waals surface area contributed by atoms with Gasteiger partial charge in [-0.05, 0) is 59.0 Å². The molecule has 0 spiro atoms. The van der Waals surface area contributed by atoms with Crippen LogP contribution in [0.1, 0.15) is 24.0 Å². The lowest BCUT2D eigenvalue weighted by Crippen LogP contribution is -2.38. The summed E-state index contributed by atoms with van der Waals surface area (Å²) in [4.78, 5) is 10.7. The highest BCUT2D eigenvalue weighted by atomic mass is 79.9. The molecular formula is C17H19BrFN3O. The van der Waals surface area contributed by atoms with Crippen molar-refractivity contribution in [3.05, 3.63) is 52.0 Å². The highest BCUT2D eigenvalue weighted by Gasteiger charge is 2.21. The first-order chi connectivity index (χ1) is 11.1. The van der Waals surface area contributed by atoms with E-state index in [1.54, 1.807) is 12.4 Å². The largest absolute Gasteiger partial charge is 0.460 e. The maximum atomic E-state index is 13.3. The lowest BCUT2D eigenvalue weighted by atomic mass is 10.1. The van der Waals surface area contributed by atoms with Gasteiger partial charge in [-0.3, -0.25) is 4.90 Å². The van der Waals surface area contributed by atoms with Crippen LogP contribution in [0.4, 0.5) is 4.39 Å². The first-order valence-corrected chi connectivity index (χ1v) is 8.51. The van der Waals surface area contributed by atoms with E-state index < -0.39 is 0 Å². The average molecular weight is 380 g/mol. The van der Waals surface area contributed by atoms with Gasteiger partial charge in [0.1, 0.15) is 11.9 Å². The SMILES string of the molecule is Cc1cnc(OC2CCN(Cc3ccc(F)c(Br)c3)CC2)nc1. The molecule has 0 saturated carbocycles. The van der Waals surface area contributed by atoms with E-state index in [0.717, 1.165) is 43.6 Å². The zero-order chi connectivity index (χ0) is 16.2. The molecule has 1 saturated heterocycles. The standard InChI is InChI=1S/C17H19BrFN3O/c1-12-9-20-17(21-10-12)23-14-4-6-22(7-5-14)11-13-2-3-16(19)15(18)8-13/h2-3,8-10,14H,4-7,11H2,1H3. The van der Waals surface area contributed by atoms with E-state index >= 15 is 0 Å². The van der Waals surface area contributed by atoms with Crippen LogP contribution in [0, 0.1) is 12.7 Å². The van der Waals surface area contributed by atoms with E-state index in [2.05, 4.69) is 30.8 Å². The molecular weight excluding hydrogens is 361 g/mol. The molecule has 6 heteroatoms. The third kappa shape index (κ3) is 4.48. The number of aryl methyl sites for hydroxylation is 1. The molecule has 23 heavy (non-hydrogen) atoms. The van der Waals surface area contributed by atoms with Crippen molar-refractivity contribution in [1.82, 2.24) is 14.9 Å². The number of benzene rings is 1. The molecule has 0 atom stereocenters. The average Bonchev–Trinajstić information content (AvgIpc) is 2.55. The van der Waals surface area contributed by atoms with Crippen LogP contribution >= 0.6 is 15.9 Å². The highest BCUT2D eigenvalue weighted by Crippen LogP contribution is 2.21. The van der Waals surface area contributed by atoms with Crippen molar-refractivity contribution in [3.63, 3.8) is 0 Å². The summed E-state index contributed by atoms with van der Waals surface area (Å²) in [6.45, 7) is 4.68. The van der Waals surface area contributed by atoms with E-state index in [4.69, 9.17) is 4.74 Å². The molecule has 122 valence electrons. The van der Waals surface area contributed by atoms with E-state index in [1.807, 2.05) is 19.1 Å². The number of rotatable bonds is 4. The first kappa shape index (κ1) is 16.3. The van der Waals surface area contributed by atoms with Crippen LogP contribution in [0.25, 0.3) is 0 Å². The molecule has 0 amide bonds. The molecule has 0 aliphatic carbocycles. The van der Waals surface area contributed by atoms with Crippen molar-refractivity contribution in [3.8, 4) is 6.01 Å². The van der Waals surface area contributed by atoms with Crippen LogP contribution in [0.15, 0.2) is 35.1 Å². The Balaban J connectivity index is 1.50. The van der Waals surface area contributed by atoms with Crippen LogP contribution in [0.3, 0.4) is 0 Å². The summed E-state index contributed by atoms with van der Waals surface area (Å²) in [6.07, 6.45) is 5.58. The number of likely N-dealkylation sites (tertiary alicyclic amines) is 1. The fourth-order valence-electron chi connectivity index (χ4n) is 2.67. The Hall–Kier alpha value is -1.53. The molecule has 1 aromatic carbocycles. The molecule has 4 nitrogen and oxygen atoms in total. The summed E-state index contributed by atoms with van der Waals surface area (Å²) in [6, 6.07) is 5.64. The Labute approximate surface area is 143 Å². The lowest BCUT2D eigenvalue weighted by Gasteiger charge is -2.31. The lowest BCUT2D eigenvalue weighted by molar-refractivity contribution is 0.0892. The minimum Gasteiger partial charge on any atom is -0.460 e. The smallest absolute Gasteiger partial charge is 0.316 e. The first-order valence-electron chi connectivity index (χ1n) is 7.72. The summed E-state index contributed by atoms with van der Waals surface area (Å²) in [5, 5.41) is 0. The van der Waals surface area contributed by atoms with Gasteiger partial charge in [0.05, 0.1) is 4.47 Å². The quantitative estimate of drug-likeness (QED) is 0.810. The summed E-state index contributed by atoms with van der Waals surface area (Å²) < 4.78 is 19.6. The van der Waals surface area contributed by atoms with Gasteiger partial charge in [-0.1, -0.05) is 6.07 Å². The highest BCUT2D eigenvalue weighted by molar-refractivity contribution is 9.10. The van der Waals surface area contributed by atoms with Crippen LogP contribution in [-0.2, 0) is 6.54 Å². The Bertz CT molecular complexity index is 657. The monoisotopic (exact) mass is 379 g/mol. The second-order valence-electron chi connectivity index (χ2n) is 5.88. The topological polar surface area (TPSA) is 38.2 Å². The van der Waals surface area contributed by atoms with Crippen molar-refractivity contribution in [2.45, 2.75) is 32.4 Å². The van der Waals surface area contributed by atoms with Gasteiger partial charge in [0.15, 0.2) is 0 Å². The van der Waals surface area contributed by atoms with Crippen LogP contribution in [0.5, 0.6) is 6.01 Å². The van der Waals surface area contributed by atoms with Crippen molar-refractivity contribution >= 4 is 15.9 Å². The third-order valence-corrected chi connectivity index (χ3v) is 4.56. The minimum atomic E-state index is -0.223. The fraction of sp³-hybridized carbons (Fsp3) is 0.412. The Morgan fingerprint density at radius 1 is 1.26 bits per heavy atom. The zero-order valence-electron chi connectivity index (χ0n) is 13.0. The van der Waals surface area contributed by atoms with Crippen molar-refractivity contribution in [2.24, 2.45) is 0 Å². The second-order valence-corrected chi connectivity index (χ2v) is 6.74. The molecule has 3 rings (SSSR count). The van der Waals surface area contributed by atoms with Gasteiger partial charge in [-0.25, -0.2) is 14.4 Å². The number of nitrogens with zero attached hydrogens (tertiary/aromatic N) is 3. The number of piperidine rings is 1. The summed E-state index contributed by atoms with van der Waals surface area (Å²) in [7, 11) is 0. The van der Waals surface area contributed by atoms with Crippen LogP contribution < -0.4 is 4.74 Å². The molecule has 1 aliphatic heterocycles. The van der Waals surface area contributed by atoms with E-state index in [-0.39, 0.29) is 11.9 Å². The molecule has 1 aromatic heterocycles. The molecule has 0 N–H and O–H groups in total. The van der Waals surface area contributed by atoms with E-state index in [9.17, 15) is 4.39 Å². The minimum absolute atomic E-state index is 0.161. The fourth-order valence-corrected chi connectivity index (χ4v) is 3.10. The van der Waals surface area contributed by atoms with Crippen molar-refractivity contribution in [2.75, 3.05) is 13.1 Å². The molecule has 0 bridgehead atoms. The molecule has 0 radical (unpaired) electrons. The summed E-state index contributed by atoms with van der Waals surface area (Å²) >= 11 is 3.24. The van der Waals surface area contributed by atoms with Gasteiger partial charge in [0.25, 0.3) is 0 Å². The summed E-state index contributed by atoms with van der Waals surface area (Å²) in [5.41, 5.74) is 2.14. The van der Waals surface area contributed by atoms with E-state index in [1.165, 1.54) is 6.07 Å². The van der Waals surface area contributed by atoms with E-state index in [0.29, 0.717) is 10.5 Å². The Kier molecular flexibility index (Phi) is 5.23. The zero-order valence-corrected chi connectivity index (χ0v) is 14.6. The maximum absolute atomic E-state index is 13.3. The van der Waals surface area contributed by atoms with Gasteiger partial charge in [0, 0.05) is 32.0 Å². The van der Waals surface area contributed by atoms with Gasteiger partial charge in [-0.2, -0.15) is 0 Å².